The van der Waals surface area contributed by atoms with Gasteiger partial charge in [0, 0.05) is 19.4 Å². The van der Waals surface area contributed by atoms with Crippen LogP contribution < -0.4 is 5.73 Å². The van der Waals surface area contributed by atoms with E-state index in [9.17, 15) is 19.0 Å². The van der Waals surface area contributed by atoms with Gasteiger partial charge in [0.05, 0.1) is 13.2 Å². The van der Waals surface area contributed by atoms with Crippen molar-refractivity contribution in [3.05, 3.63) is 60.8 Å². The zero-order valence-electron chi connectivity index (χ0n) is 49.0. The second-order valence-corrected chi connectivity index (χ2v) is 22.7. The Hall–Kier alpha value is -2.29. The normalized spacial score (nSPS) is 13.4. The summed E-state index contributed by atoms with van der Waals surface area (Å²) in [6.07, 6.45) is 77.7. The largest absolute Gasteiger partial charge is 0.472 e. The first kappa shape index (κ1) is 72.7. The van der Waals surface area contributed by atoms with Crippen molar-refractivity contribution in [2.45, 2.75) is 315 Å². The van der Waals surface area contributed by atoms with Crippen LogP contribution in [0.2, 0.25) is 0 Å². The van der Waals surface area contributed by atoms with E-state index in [0.717, 1.165) is 57.8 Å². The zero-order valence-corrected chi connectivity index (χ0v) is 49.9. The number of rotatable bonds is 60. The Morgan fingerprint density at radius 3 is 1.13 bits per heavy atom. The highest BCUT2D eigenvalue weighted by molar-refractivity contribution is 7.47. The molecule has 438 valence electrons. The first-order valence-corrected chi connectivity index (χ1v) is 33.3. The van der Waals surface area contributed by atoms with Crippen molar-refractivity contribution in [1.82, 2.24) is 0 Å². The predicted octanol–water partition coefficient (Wildman–Crippen LogP) is 20.3. The number of hydrogen-bond donors (Lipinski definition) is 2. The van der Waals surface area contributed by atoms with Crippen molar-refractivity contribution in [3.63, 3.8) is 0 Å². The van der Waals surface area contributed by atoms with Gasteiger partial charge in [-0.2, -0.15) is 0 Å². The van der Waals surface area contributed by atoms with Crippen LogP contribution in [-0.4, -0.2) is 49.3 Å². The van der Waals surface area contributed by atoms with Gasteiger partial charge in [0.2, 0.25) is 0 Å². The van der Waals surface area contributed by atoms with Crippen molar-refractivity contribution in [1.29, 1.82) is 0 Å². The van der Waals surface area contributed by atoms with Crippen LogP contribution in [0.15, 0.2) is 60.8 Å². The van der Waals surface area contributed by atoms with Gasteiger partial charge < -0.3 is 20.1 Å². The van der Waals surface area contributed by atoms with Gasteiger partial charge in [0.15, 0.2) is 6.10 Å². The molecule has 0 heterocycles. The summed E-state index contributed by atoms with van der Waals surface area (Å²) in [6.45, 7) is 3.60. The fourth-order valence-electron chi connectivity index (χ4n) is 9.21. The van der Waals surface area contributed by atoms with Crippen LogP contribution in [-0.2, 0) is 32.7 Å². The van der Waals surface area contributed by atoms with E-state index in [1.807, 2.05) is 0 Å². The number of ether oxygens (including phenoxy) is 2. The molecule has 0 aromatic rings. The van der Waals surface area contributed by atoms with E-state index < -0.39 is 26.5 Å². The van der Waals surface area contributed by atoms with Crippen LogP contribution in [0.5, 0.6) is 0 Å². The Morgan fingerprint density at radius 2 is 0.733 bits per heavy atom. The molecule has 0 aliphatic carbocycles. The van der Waals surface area contributed by atoms with Gasteiger partial charge in [-0.15, -0.1) is 0 Å². The third-order valence-corrected chi connectivity index (χ3v) is 14.9. The third-order valence-electron chi connectivity index (χ3n) is 13.9. The molecule has 0 radical (unpaired) electrons. The highest BCUT2D eigenvalue weighted by atomic mass is 31.2. The number of unbranched alkanes of at least 4 members (excludes halogenated alkanes) is 37. The van der Waals surface area contributed by atoms with E-state index >= 15 is 0 Å². The van der Waals surface area contributed by atoms with Gasteiger partial charge in [-0.25, -0.2) is 4.57 Å². The summed E-state index contributed by atoms with van der Waals surface area (Å²) in [5.74, 6) is -0.868. The molecule has 2 atom stereocenters. The molecule has 0 aromatic carbocycles. The lowest BCUT2D eigenvalue weighted by Crippen LogP contribution is -2.29. The van der Waals surface area contributed by atoms with Crippen molar-refractivity contribution in [2.75, 3.05) is 26.4 Å². The first-order chi connectivity index (χ1) is 36.8. The summed E-state index contributed by atoms with van der Waals surface area (Å²) < 4.78 is 32.9. The molecule has 0 fully saturated rings. The smallest absolute Gasteiger partial charge is 0.462 e. The van der Waals surface area contributed by atoms with E-state index in [1.54, 1.807) is 0 Å². The Balaban J connectivity index is 3.75. The number of esters is 2. The number of hydrogen-bond acceptors (Lipinski definition) is 8. The van der Waals surface area contributed by atoms with Gasteiger partial charge in [-0.1, -0.05) is 280 Å². The van der Waals surface area contributed by atoms with Crippen molar-refractivity contribution < 1.29 is 37.6 Å². The van der Waals surface area contributed by atoms with Crippen LogP contribution in [0, 0.1) is 0 Å². The van der Waals surface area contributed by atoms with Gasteiger partial charge in [0.25, 0.3) is 0 Å². The van der Waals surface area contributed by atoms with Crippen LogP contribution in [0.3, 0.4) is 0 Å². The molecule has 75 heavy (non-hydrogen) atoms. The molecule has 0 amide bonds. The minimum absolute atomic E-state index is 0.0457. The fraction of sp³-hybridized carbons (Fsp3) is 0.815. The molecular formula is C65H120NO8P. The van der Waals surface area contributed by atoms with Crippen LogP contribution in [0.25, 0.3) is 0 Å². The van der Waals surface area contributed by atoms with E-state index in [4.69, 9.17) is 24.3 Å². The molecule has 0 aromatic heterocycles. The zero-order chi connectivity index (χ0) is 54.5. The highest BCUT2D eigenvalue weighted by Crippen LogP contribution is 2.43. The average molecular weight is 1070 g/mol. The lowest BCUT2D eigenvalue weighted by Gasteiger charge is -2.19. The molecule has 9 nitrogen and oxygen atoms in total. The first-order valence-electron chi connectivity index (χ1n) is 31.8. The van der Waals surface area contributed by atoms with Gasteiger partial charge in [-0.3, -0.25) is 18.6 Å². The minimum Gasteiger partial charge on any atom is -0.462 e. The summed E-state index contributed by atoms with van der Waals surface area (Å²) >= 11 is 0. The van der Waals surface area contributed by atoms with Crippen LogP contribution >= 0.6 is 7.82 Å². The SMILES string of the molecule is CC/C=C\C/C=C\C/C=C\C/C=C\CCCCC(=O)OC(COC(=O)CCCCCCCCCCCCCCCCCCCCCCCCCCCCC/C=C\CCCCCCCCCC)COP(=O)(O)OCCN. The number of phosphoric ester groups is 1. The highest BCUT2D eigenvalue weighted by Gasteiger charge is 2.26. The van der Waals surface area contributed by atoms with E-state index in [0.29, 0.717) is 6.42 Å². The van der Waals surface area contributed by atoms with E-state index in [-0.39, 0.29) is 38.6 Å². The Kier molecular flexibility index (Phi) is 59.1. The molecule has 0 bridgehead atoms. The number of nitrogens with two attached hydrogens (primary N) is 1. The molecule has 3 N–H and O–H groups in total. The Labute approximate surface area is 463 Å². The maximum absolute atomic E-state index is 12.6. The average Bonchev–Trinajstić information content (AvgIpc) is 3.40. The van der Waals surface area contributed by atoms with Crippen LogP contribution in [0.1, 0.15) is 309 Å². The molecule has 0 aliphatic heterocycles. The molecular weight excluding hydrogens is 954 g/mol. The summed E-state index contributed by atoms with van der Waals surface area (Å²) in [5.41, 5.74) is 5.37. The summed E-state index contributed by atoms with van der Waals surface area (Å²) in [4.78, 5) is 35.1. The molecule has 10 heteroatoms. The summed E-state index contributed by atoms with van der Waals surface area (Å²) in [7, 11) is -4.40. The van der Waals surface area contributed by atoms with Crippen LogP contribution in [0.4, 0.5) is 0 Å². The van der Waals surface area contributed by atoms with Gasteiger partial charge in [0.1, 0.15) is 6.61 Å². The minimum atomic E-state index is -4.40. The molecule has 0 aliphatic rings. The summed E-state index contributed by atoms with van der Waals surface area (Å²) in [6, 6.07) is 0. The summed E-state index contributed by atoms with van der Waals surface area (Å²) in [5, 5.41) is 0. The topological polar surface area (TPSA) is 134 Å². The molecule has 0 saturated heterocycles. The molecule has 0 spiro atoms. The van der Waals surface area contributed by atoms with E-state index in [2.05, 4.69) is 74.6 Å². The standard InChI is InChI=1S/C65H120NO8P/c1-3-5-7-9-11-13-15-17-19-20-21-22-23-24-25-26-27-28-29-30-31-32-33-34-35-36-37-38-39-40-41-42-44-45-47-49-51-53-55-57-64(67)71-61-63(62-73-75(69,70)72-60-59-66)74-65(68)58-56-54-52-50-48-46-43-18-16-14-12-10-8-6-4-2/h6,8,12,14,18,20-21,43,48,50,63H,3-5,7,9-11,13,15-17,19,22-42,44-47,49,51-62,66H2,1-2H3,(H,69,70)/b8-6-,14-12-,21-20-,43-18-,50-48-. The number of phosphoric acid groups is 1. The fourth-order valence-corrected chi connectivity index (χ4v) is 9.98. The lowest BCUT2D eigenvalue weighted by molar-refractivity contribution is -0.161. The lowest BCUT2D eigenvalue weighted by atomic mass is 10.0. The second kappa shape index (κ2) is 60.9. The maximum Gasteiger partial charge on any atom is 0.472 e. The number of carbonyl (C=O) groups excluding carboxylic acids is 2. The monoisotopic (exact) mass is 1070 g/mol. The molecule has 0 saturated carbocycles. The van der Waals surface area contributed by atoms with Gasteiger partial charge >= 0.3 is 19.8 Å². The Morgan fingerprint density at radius 1 is 0.413 bits per heavy atom. The quantitative estimate of drug-likeness (QED) is 0.0264. The Bertz CT molecular complexity index is 1410. The molecule has 2 unspecified atom stereocenters. The maximum atomic E-state index is 12.6. The predicted molar refractivity (Wildman–Crippen MR) is 321 cm³/mol. The third kappa shape index (κ3) is 60.8. The second-order valence-electron chi connectivity index (χ2n) is 21.2. The molecule has 0 rings (SSSR count). The van der Waals surface area contributed by atoms with Crippen molar-refractivity contribution in [2.24, 2.45) is 5.73 Å². The van der Waals surface area contributed by atoms with Gasteiger partial charge in [-0.05, 0) is 77.0 Å². The van der Waals surface area contributed by atoms with Crippen molar-refractivity contribution in [3.8, 4) is 0 Å². The van der Waals surface area contributed by atoms with E-state index in [1.165, 1.54) is 218 Å². The number of allylic oxidation sites excluding steroid dienone is 10. The number of carbonyl (C=O) groups is 2. The van der Waals surface area contributed by atoms with Crippen molar-refractivity contribution >= 4 is 19.8 Å².